The first-order valence-corrected chi connectivity index (χ1v) is 10.2. The minimum Gasteiger partial charge on any atom is -0.508 e. The molecule has 0 amide bonds. The molecule has 0 bridgehead atoms. The molecule has 25 heavy (non-hydrogen) atoms. The Bertz CT molecular complexity index is 582. The number of phosphoric acid groups is 2. The lowest BCUT2D eigenvalue weighted by atomic mass is 10.2. The van der Waals surface area contributed by atoms with E-state index in [0.29, 0.717) is 0 Å². The highest BCUT2D eigenvalue weighted by Gasteiger charge is 2.42. The van der Waals surface area contributed by atoms with Crippen LogP contribution in [0.2, 0.25) is 0 Å². The SMILES string of the molecule is CC(C)(C)OP(=O)(OC(C)(C)C)OP(=O)(O)O.Oc1ccc(O)cc1. The highest BCUT2D eigenvalue weighted by atomic mass is 31.3. The molecule has 0 heterocycles. The number of phenols is 2. The summed E-state index contributed by atoms with van der Waals surface area (Å²) in [6, 6.07) is 5.70. The van der Waals surface area contributed by atoms with Crippen LogP contribution in [0.5, 0.6) is 11.5 Å². The number of hydrogen-bond acceptors (Lipinski definition) is 7. The number of benzene rings is 1. The van der Waals surface area contributed by atoms with Crippen LogP contribution >= 0.6 is 15.6 Å². The summed E-state index contributed by atoms with van der Waals surface area (Å²) in [5.41, 5.74) is -1.87. The standard InChI is InChI=1S/C8H20O7P2.C6H6O2/c1-7(2,3)13-17(12,14-8(4,5)6)15-16(9,10)11;7-5-1-2-6(8)4-3-5/h1-6H3,(H2,9,10,11);1-4,7-8H. The summed E-state index contributed by atoms with van der Waals surface area (Å²) in [5.74, 6) is 0.339. The Balaban J connectivity index is 0.000000593. The minimum absolute atomic E-state index is 0.169. The fourth-order valence-corrected chi connectivity index (χ4v) is 3.99. The maximum Gasteiger partial charge on any atom is 0.484 e. The largest absolute Gasteiger partial charge is 0.508 e. The predicted octanol–water partition coefficient (Wildman–Crippen LogP) is 3.93. The van der Waals surface area contributed by atoms with Gasteiger partial charge in [0.15, 0.2) is 0 Å². The van der Waals surface area contributed by atoms with Crippen molar-refractivity contribution in [2.75, 3.05) is 0 Å². The van der Waals surface area contributed by atoms with Gasteiger partial charge in [0.05, 0.1) is 11.2 Å². The zero-order valence-corrected chi connectivity index (χ0v) is 16.8. The van der Waals surface area contributed by atoms with Gasteiger partial charge in [-0.25, -0.2) is 9.13 Å². The molecule has 0 aromatic heterocycles. The second-order valence-electron chi connectivity index (χ2n) is 6.94. The topological polar surface area (TPSA) is 143 Å². The van der Waals surface area contributed by atoms with E-state index in [1.165, 1.54) is 24.3 Å². The third-order valence-electron chi connectivity index (χ3n) is 1.83. The lowest BCUT2D eigenvalue weighted by Gasteiger charge is -2.30. The van der Waals surface area contributed by atoms with Crippen LogP contribution in [0, 0.1) is 0 Å². The van der Waals surface area contributed by atoms with Gasteiger partial charge in [0, 0.05) is 0 Å². The van der Waals surface area contributed by atoms with E-state index >= 15 is 0 Å². The molecule has 0 aliphatic heterocycles. The fraction of sp³-hybridized carbons (Fsp3) is 0.571. The molecule has 1 aromatic carbocycles. The summed E-state index contributed by atoms with van der Waals surface area (Å²) in [7, 11) is -9.32. The molecule has 4 N–H and O–H groups in total. The maximum atomic E-state index is 12.1. The van der Waals surface area contributed by atoms with Crippen LogP contribution < -0.4 is 0 Å². The molecular weight excluding hydrogens is 374 g/mol. The molecule has 0 fully saturated rings. The van der Waals surface area contributed by atoms with Crippen molar-refractivity contribution in [2.24, 2.45) is 0 Å². The fourth-order valence-electron chi connectivity index (χ4n) is 1.31. The number of rotatable bonds is 4. The van der Waals surface area contributed by atoms with Crippen molar-refractivity contribution in [2.45, 2.75) is 52.7 Å². The summed E-state index contributed by atoms with van der Waals surface area (Å²) in [6.07, 6.45) is 0. The highest BCUT2D eigenvalue weighted by molar-refractivity contribution is 7.61. The lowest BCUT2D eigenvalue weighted by Crippen LogP contribution is -2.24. The predicted molar refractivity (Wildman–Crippen MR) is 92.2 cm³/mol. The van der Waals surface area contributed by atoms with Crippen LogP contribution in [0.4, 0.5) is 0 Å². The van der Waals surface area contributed by atoms with Crippen molar-refractivity contribution in [1.82, 2.24) is 0 Å². The summed E-state index contributed by atoms with van der Waals surface area (Å²) in [6.45, 7) is 9.39. The van der Waals surface area contributed by atoms with Crippen LogP contribution in [0.25, 0.3) is 0 Å². The van der Waals surface area contributed by atoms with E-state index < -0.39 is 26.8 Å². The van der Waals surface area contributed by atoms with Gasteiger partial charge >= 0.3 is 15.6 Å². The zero-order chi connectivity index (χ0) is 20.1. The van der Waals surface area contributed by atoms with Crippen LogP contribution in [0.15, 0.2) is 24.3 Å². The maximum absolute atomic E-state index is 12.1. The molecule has 0 unspecified atom stereocenters. The molecule has 1 aromatic rings. The number of hydrogen-bond donors (Lipinski definition) is 4. The van der Waals surface area contributed by atoms with Crippen molar-refractivity contribution < 1.29 is 42.5 Å². The highest BCUT2D eigenvalue weighted by Crippen LogP contribution is 2.64. The van der Waals surface area contributed by atoms with Crippen molar-refractivity contribution in [1.29, 1.82) is 0 Å². The zero-order valence-electron chi connectivity index (χ0n) is 15.0. The molecule has 1 rings (SSSR count). The monoisotopic (exact) mass is 400 g/mol. The molecule has 0 aliphatic rings. The second-order valence-corrected chi connectivity index (χ2v) is 9.84. The van der Waals surface area contributed by atoms with E-state index in [4.69, 9.17) is 29.0 Å². The van der Waals surface area contributed by atoms with Crippen LogP contribution in [0.3, 0.4) is 0 Å². The molecule has 9 nitrogen and oxygen atoms in total. The Kier molecular flexibility index (Phi) is 8.33. The Hall–Kier alpha value is -0.920. The average Bonchev–Trinajstić information content (AvgIpc) is 2.25. The summed E-state index contributed by atoms with van der Waals surface area (Å²) >= 11 is 0. The van der Waals surface area contributed by atoms with Crippen LogP contribution in [0.1, 0.15) is 41.5 Å². The summed E-state index contributed by atoms with van der Waals surface area (Å²) in [5, 5.41) is 17.3. The van der Waals surface area contributed by atoms with Crippen LogP contribution in [-0.2, 0) is 22.5 Å². The van der Waals surface area contributed by atoms with Gasteiger partial charge in [0.25, 0.3) is 0 Å². The van der Waals surface area contributed by atoms with E-state index in [9.17, 15) is 9.13 Å². The third kappa shape index (κ3) is 14.0. The number of phosphoric ester groups is 1. The molecular formula is C14H26O9P2. The van der Waals surface area contributed by atoms with Gasteiger partial charge in [0.1, 0.15) is 11.5 Å². The molecule has 0 radical (unpaired) electrons. The van der Waals surface area contributed by atoms with E-state index in [1.807, 2.05) is 0 Å². The van der Waals surface area contributed by atoms with Gasteiger partial charge in [-0.05, 0) is 65.8 Å². The third-order valence-corrected chi connectivity index (χ3v) is 5.02. The molecule has 0 atom stereocenters. The molecule has 0 aliphatic carbocycles. The molecule has 0 saturated heterocycles. The van der Waals surface area contributed by atoms with E-state index in [0.717, 1.165) is 0 Å². The van der Waals surface area contributed by atoms with Crippen molar-refractivity contribution >= 4 is 15.6 Å². The Morgan fingerprint density at radius 3 is 1.24 bits per heavy atom. The van der Waals surface area contributed by atoms with Gasteiger partial charge in [-0.1, -0.05) is 0 Å². The lowest BCUT2D eigenvalue weighted by molar-refractivity contribution is 0.0185. The smallest absolute Gasteiger partial charge is 0.484 e. The van der Waals surface area contributed by atoms with Crippen LogP contribution in [-0.4, -0.2) is 31.2 Å². The van der Waals surface area contributed by atoms with Crippen molar-refractivity contribution in [3.63, 3.8) is 0 Å². The van der Waals surface area contributed by atoms with Gasteiger partial charge in [-0.3, -0.25) is 9.05 Å². The average molecular weight is 400 g/mol. The Morgan fingerprint density at radius 2 is 1.04 bits per heavy atom. The normalized spacial score (nSPS) is 13.1. The van der Waals surface area contributed by atoms with Gasteiger partial charge in [-0.15, -0.1) is 0 Å². The summed E-state index contributed by atoms with van der Waals surface area (Å²) in [4.78, 5) is 17.4. The molecule has 0 spiro atoms. The molecule has 146 valence electrons. The number of aromatic hydroxyl groups is 2. The van der Waals surface area contributed by atoms with E-state index in [2.05, 4.69) is 4.31 Å². The van der Waals surface area contributed by atoms with E-state index in [1.54, 1.807) is 41.5 Å². The first-order valence-electron chi connectivity index (χ1n) is 7.17. The minimum atomic E-state index is -4.97. The number of phenolic OH excluding ortho intramolecular Hbond substituents is 2. The van der Waals surface area contributed by atoms with Crippen molar-refractivity contribution in [3.05, 3.63) is 24.3 Å². The van der Waals surface area contributed by atoms with Gasteiger partial charge < -0.3 is 20.0 Å². The Morgan fingerprint density at radius 1 is 0.760 bits per heavy atom. The van der Waals surface area contributed by atoms with Gasteiger partial charge in [-0.2, -0.15) is 4.31 Å². The first kappa shape index (κ1) is 24.1. The Labute approximate surface area is 147 Å². The second kappa shape index (κ2) is 8.64. The van der Waals surface area contributed by atoms with E-state index in [-0.39, 0.29) is 11.5 Å². The van der Waals surface area contributed by atoms with Crippen molar-refractivity contribution in [3.8, 4) is 11.5 Å². The summed E-state index contributed by atoms with van der Waals surface area (Å²) < 4.78 is 37.0. The molecule has 0 saturated carbocycles. The molecule has 11 heteroatoms. The quantitative estimate of drug-likeness (QED) is 0.436. The first-order chi connectivity index (χ1) is 10.9. The van der Waals surface area contributed by atoms with Gasteiger partial charge in [0.2, 0.25) is 0 Å².